The third-order valence-corrected chi connectivity index (χ3v) is 8.17. The van der Waals surface area contributed by atoms with Gasteiger partial charge in [0.1, 0.15) is 12.4 Å². The Bertz CT molecular complexity index is 954. The predicted molar refractivity (Wildman–Crippen MR) is 124 cm³/mol. The van der Waals surface area contributed by atoms with Gasteiger partial charge < -0.3 is 10.1 Å². The number of carbonyl (C=O) groups excluding carboxylic acids is 1. The number of aryl methyl sites for hydroxylation is 1. The summed E-state index contributed by atoms with van der Waals surface area (Å²) >= 11 is 1.52. The van der Waals surface area contributed by atoms with Gasteiger partial charge in [0.15, 0.2) is 0 Å². The molecule has 8 heteroatoms. The first kappa shape index (κ1) is 23.6. The highest BCUT2D eigenvalue weighted by atomic mass is 32.2. The Kier molecular flexibility index (Phi) is 8.40. The van der Waals surface area contributed by atoms with Gasteiger partial charge in [0.2, 0.25) is 15.9 Å². The molecule has 1 atom stereocenters. The Morgan fingerprint density at radius 1 is 1.06 bits per heavy atom. The number of nitrogens with one attached hydrogen (secondary N) is 1. The molecule has 0 saturated carbocycles. The molecule has 0 spiro atoms. The van der Waals surface area contributed by atoms with Gasteiger partial charge in [-0.15, -0.1) is 11.8 Å². The zero-order valence-corrected chi connectivity index (χ0v) is 19.7. The summed E-state index contributed by atoms with van der Waals surface area (Å²) in [6.45, 7) is 5.77. The van der Waals surface area contributed by atoms with Gasteiger partial charge in [-0.3, -0.25) is 4.79 Å². The fraction of sp³-hybridized carbons (Fsp3) is 0.435. The highest BCUT2D eigenvalue weighted by molar-refractivity contribution is 8.00. The maximum absolute atomic E-state index is 12.7. The number of rotatable bonds is 9. The Balaban J connectivity index is 1.42. The fourth-order valence-electron chi connectivity index (χ4n) is 3.32. The first-order valence-corrected chi connectivity index (χ1v) is 12.9. The van der Waals surface area contributed by atoms with E-state index in [0.717, 1.165) is 24.2 Å². The van der Waals surface area contributed by atoms with E-state index in [1.54, 1.807) is 28.6 Å². The molecule has 168 valence electrons. The van der Waals surface area contributed by atoms with Gasteiger partial charge in [-0.05, 0) is 63.1 Å². The zero-order valence-electron chi connectivity index (χ0n) is 18.0. The van der Waals surface area contributed by atoms with Crippen molar-refractivity contribution in [2.24, 2.45) is 0 Å². The van der Waals surface area contributed by atoms with E-state index < -0.39 is 10.0 Å². The van der Waals surface area contributed by atoms with Crippen molar-refractivity contribution >= 4 is 27.7 Å². The molecule has 3 rings (SSSR count). The smallest absolute Gasteiger partial charge is 0.243 e. The van der Waals surface area contributed by atoms with Crippen molar-refractivity contribution in [2.45, 2.75) is 48.2 Å². The molecule has 1 amide bonds. The van der Waals surface area contributed by atoms with Crippen LogP contribution in [0.15, 0.2) is 58.3 Å². The molecule has 1 heterocycles. The van der Waals surface area contributed by atoms with Crippen LogP contribution in [0, 0.1) is 6.92 Å². The van der Waals surface area contributed by atoms with Gasteiger partial charge in [-0.25, -0.2) is 8.42 Å². The molecular weight excluding hydrogens is 432 g/mol. The van der Waals surface area contributed by atoms with Crippen molar-refractivity contribution in [3.8, 4) is 5.75 Å². The van der Waals surface area contributed by atoms with Gasteiger partial charge >= 0.3 is 0 Å². The van der Waals surface area contributed by atoms with Crippen molar-refractivity contribution in [2.75, 3.05) is 26.2 Å². The van der Waals surface area contributed by atoms with Gasteiger partial charge in [-0.1, -0.05) is 24.1 Å². The maximum Gasteiger partial charge on any atom is 0.243 e. The summed E-state index contributed by atoms with van der Waals surface area (Å²) < 4.78 is 32.6. The van der Waals surface area contributed by atoms with Crippen LogP contribution in [0.3, 0.4) is 0 Å². The van der Waals surface area contributed by atoms with E-state index in [4.69, 9.17) is 4.74 Å². The number of sulfonamides is 1. The highest BCUT2D eigenvalue weighted by Gasteiger charge is 2.25. The quantitative estimate of drug-likeness (QED) is 0.453. The van der Waals surface area contributed by atoms with Crippen LogP contribution in [-0.2, 0) is 14.8 Å². The number of hydrogen-bond acceptors (Lipinski definition) is 5. The van der Waals surface area contributed by atoms with Crippen LogP contribution in [0.4, 0.5) is 0 Å². The highest BCUT2D eigenvalue weighted by Crippen LogP contribution is 2.24. The second-order valence-electron chi connectivity index (χ2n) is 7.65. The maximum atomic E-state index is 12.7. The van der Waals surface area contributed by atoms with E-state index in [1.165, 1.54) is 17.3 Å². The van der Waals surface area contributed by atoms with Gasteiger partial charge in [-0.2, -0.15) is 4.31 Å². The van der Waals surface area contributed by atoms with E-state index in [2.05, 4.69) is 5.32 Å². The molecule has 1 fully saturated rings. The van der Waals surface area contributed by atoms with Crippen LogP contribution in [0.1, 0.15) is 31.7 Å². The van der Waals surface area contributed by atoms with Crippen LogP contribution >= 0.6 is 11.8 Å². The Hall–Kier alpha value is -2.03. The average Bonchev–Trinajstić information content (AvgIpc) is 2.79. The molecule has 1 aliphatic heterocycles. The van der Waals surface area contributed by atoms with Crippen molar-refractivity contribution < 1.29 is 17.9 Å². The van der Waals surface area contributed by atoms with Gasteiger partial charge in [0.05, 0.1) is 16.7 Å². The minimum Gasteiger partial charge on any atom is -0.492 e. The lowest BCUT2D eigenvalue weighted by atomic mass is 10.2. The number of thioether (sulfide) groups is 1. The lowest BCUT2D eigenvalue weighted by molar-refractivity contribution is -0.120. The predicted octanol–water partition coefficient (Wildman–Crippen LogP) is 3.85. The van der Waals surface area contributed by atoms with Crippen LogP contribution in [0.2, 0.25) is 0 Å². The molecule has 0 aromatic heterocycles. The summed E-state index contributed by atoms with van der Waals surface area (Å²) in [5.41, 5.74) is 1.19. The van der Waals surface area contributed by atoms with E-state index in [0.29, 0.717) is 32.0 Å². The zero-order chi connectivity index (χ0) is 22.3. The molecule has 2 aromatic carbocycles. The van der Waals surface area contributed by atoms with E-state index in [9.17, 15) is 13.2 Å². The van der Waals surface area contributed by atoms with Crippen molar-refractivity contribution in [1.29, 1.82) is 0 Å². The molecule has 31 heavy (non-hydrogen) atoms. The van der Waals surface area contributed by atoms with Crippen LogP contribution in [-0.4, -0.2) is 50.1 Å². The second-order valence-corrected chi connectivity index (χ2v) is 11.0. The molecule has 0 aliphatic carbocycles. The normalized spacial score (nSPS) is 15.9. The van der Waals surface area contributed by atoms with E-state index in [1.807, 2.05) is 38.1 Å². The first-order valence-electron chi connectivity index (χ1n) is 10.6. The number of carbonyl (C=O) groups is 1. The Morgan fingerprint density at radius 3 is 2.35 bits per heavy atom. The number of amides is 1. The molecule has 6 nitrogen and oxygen atoms in total. The average molecular weight is 463 g/mol. The number of ether oxygens (including phenoxy) is 1. The third kappa shape index (κ3) is 6.72. The lowest BCUT2D eigenvalue weighted by Gasteiger charge is -2.25. The summed E-state index contributed by atoms with van der Waals surface area (Å²) in [7, 11) is -3.43. The Morgan fingerprint density at radius 2 is 1.71 bits per heavy atom. The number of nitrogens with zero attached hydrogens (tertiary/aromatic N) is 1. The number of piperidine rings is 1. The largest absolute Gasteiger partial charge is 0.492 e. The monoisotopic (exact) mass is 462 g/mol. The van der Waals surface area contributed by atoms with E-state index in [-0.39, 0.29) is 16.1 Å². The van der Waals surface area contributed by atoms with Gasteiger partial charge in [0.25, 0.3) is 0 Å². The van der Waals surface area contributed by atoms with Crippen LogP contribution < -0.4 is 10.1 Å². The summed E-state index contributed by atoms with van der Waals surface area (Å²) in [6.07, 6.45) is 2.90. The molecule has 1 saturated heterocycles. The standard InChI is InChI=1S/C23H30N2O4S2/c1-18-6-10-21(11-7-18)30-19(2)23(26)24-14-17-29-20-8-12-22(13-9-20)31(27,28)25-15-4-3-5-16-25/h6-13,19H,3-5,14-17H2,1-2H3,(H,24,26)/t19-/m1/s1. The molecule has 0 bridgehead atoms. The summed E-state index contributed by atoms with van der Waals surface area (Å²) in [5, 5.41) is 2.67. The molecule has 0 unspecified atom stereocenters. The number of hydrogen-bond donors (Lipinski definition) is 1. The number of benzene rings is 2. The van der Waals surface area contributed by atoms with Gasteiger partial charge in [0, 0.05) is 18.0 Å². The molecule has 1 N–H and O–H groups in total. The third-order valence-electron chi connectivity index (χ3n) is 5.15. The fourth-order valence-corrected chi connectivity index (χ4v) is 5.73. The SMILES string of the molecule is Cc1ccc(S[C@H](C)C(=O)NCCOc2ccc(S(=O)(=O)N3CCCCC3)cc2)cc1. The summed E-state index contributed by atoms with van der Waals surface area (Å²) in [5.74, 6) is 0.533. The first-order chi connectivity index (χ1) is 14.9. The van der Waals surface area contributed by atoms with Crippen LogP contribution in [0.25, 0.3) is 0 Å². The Labute approximate surface area is 189 Å². The molecular formula is C23H30N2O4S2. The van der Waals surface area contributed by atoms with Crippen molar-refractivity contribution in [1.82, 2.24) is 9.62 Å². The van der Waals surface area contributed by atoms with Crippen molar-refractivity contribution in [3.05, 3.63) is 54.1 Å². The molecule has 2 aromatic rings. The molecule has 0 radical (unpaired) electrons. The topological polar surface area (TPSA) is 75.7 Å². The minimum absolute atomic E-state index is 0.0443. The van der Waals surface area contributed by atoms with Crippen LogP contribution in [0.5, 0.6) is 5.75 Å². The van der Waals surface area contributed by atoms with Crippen molar-refractivity contribution in [3.63, 3.8) is 0 Å². The summed E-state index contributed by atoms with van der Waals surface area (Å²) in [6, 6.07) is 14.6. The molecule has 1 aliphatic rings. The minimum atomic E-state index is -3.43. The summed E-state index contributed by atoms with van der Waals surface area (Å²) in [4.78, 5) is 13.6. The lowest BCUT2D eigenvalue weighted by Crippen LogP contribution is -2.35. The van der Waals surface area contributed by atoms with E-state index >= 15 is 0 Å². The second kappa shape index (κ2) is 11.0.